The predicted molar refractivity (Wildman–Crippen MR) is 138 cm³/mol. The van der Waals surface area contributed by atoms with Crippen molar-refractivity contribution in [3.8, 4) is 5.75 Å². The first-order valence-corrected chi connectivity index (χ1v) is 12.4. The smallest absolute Gasteiger partial charge is 0.410 e. The molecule has 0 saturated heterocycles. The van der Waals surface area contributed by atoms with Crippen molar-refractivity contribution in [3.05, 3.63) is 65.7 Å². The summed E-state index contributed by atoms with van der Waals surface area (Å²) in [4.78, 5) is 27.7. The number of hydrogen-bond donors (Lipinski definition) is 2. The van der Waals surface area contributed by atoms with Gasteiger partial charge in [0.25, 0.3) is 5.91 Å². The molecule has 0 aliphatic heterocycles. The number of nitrogens with two attached hydrogens (primary N) is 1. The number of methoxy groups -OCH3 is 1. The fourth-order valence-electron chi connectivity index (χ4n) is 4.89. The molecule has 1 fully saturated rings. The Balaban J connectivity index is 1.77. The van der Waals surface area contributed by atoms with Gasteiger partial charge in [-0.05, 0) is 64.2 Å². The highest BCUT2D eigenvalue weighted by Crippen LogP contribution is 2.41. The minimum Gasteiger partial charge on any atom is -0.496 e. The van der Waals surface area contributed by atoms with E-state index in [-0.39, 0.29) is 23.5 Å². The van der Waals surface area contributed by atoms with Gasteiger partial charge in [-0.25, -0.2) is 4.79 Å². The Kier molecular flexibility index (Phi) is 8.78. The molecule has 2 aromatic carbocycles. The number of para-hydroxylation sites is 1. The molecule has 7 heteroatoms. The lowest BCUT2D eigenvalue weighted by atomic mass is 9.68. The standard InChI is InChI=1S/C28H39N3O4/c1-27(2,3)35-26(33)31(19-18-29)22-14-16-28(17-15-22,21-10-6-5-7-11-21)20-30-25(32)23-12-8-9-13-24(23)34-4/h5-13,22H,14-20,29H2,1-4H3,(H,30,32). The molecule has 1 aliphatic rings. The van der Waals surface area contributed by atoms with Crippen molar-refractivity contribution in [2.45, 2.75) is 63.5 Å². The van der Waals surface area contributed by atoms with Gasteiger partial charge in [-0.2, -0.15) is 0 Å². The Bertz CT molecular complexity index is 979. The zero-order valence-electron chi connectivity index (χ0n) is 21.4. The first kappa shape index (κ1) is 26.5. The normalized spacial score (nSPS) is 20.1. The van der Waals surface area contributed by atoms with Crippen LogP contribution in [0.2, 0.25) is 0 Å². The van der Waals surface area contributed by atoms with Crippen molar-refractivity contribution in [2.24, 2.45) is 5.73 Å². The number of benzene rings is 2. The molecule has 0 radical (unpaired) electrons. The molecule has 0 heterocycles. The third-order valence-corrected chi connectivity index (χ3v) is 6.68. The van der Waals surface area contributed by atoms with Gasteiger partial charge in [0.05, 0.1) is 12.7 Å². The molecule has 35 heavy (non-hydrogen) atoms. The van der Waals surface area contributed by atoms with E-state index in [1.165, 1.54) is 5.56 Å². The van der Waals surface area contributed by atoms with E-state index in [1.54, 1.807) is 24.1 Å². The molecule has 0 atom stereocenters. The second kappa shape index (κ2) is 11.6. The molecule has 0 aromatic heterocycles. The monoisotopic (exact) mass is 481 g/mol. The molecule has 3 N–H and O–H groups in total. The van der Waals surface area contributed by atoms with E-state index >= 15 is 0 Å². The van der Waals surface area contributed by atoms with Crippen LogP contribution in [-0.2, 0) is 10.2 Å². The van der Waals surface area contributed by atoms with Gasteiger partial charge in [0, 0.05) is 31.1 Å². The lowest BCUT2D eigenvalue weighted by molar-refractivity contribution is 0.00995. The first-order chi connectivity index (χ1) is 16.7. The Morgan fingerprint density at radius 3 is 2.29 bits per heavy atom. The zero-order valence-corrected chi connectivity index (χ0v) is 21.4. The average Bonchev–Trinajstić information content (AvgIpc) is 2.85. The predicted octanol–water partition coefficient (Wildman–Crippen LogP) is 4.50. The van der Waals surface area contributed by atoms with Gasteiger partial charge in [-0.1, -0.05) is 42.5 Å². The van der Waals surface area contributed by atoms with Crippen molar-refractivity contribution in [2.75, 3.05) is 26.7 Å². The molecule has 2 amide bonds. The first-order valence-electron chi connectivity index (χ1n) is 12.4. The summed E-state index contributed by atoms with van der Waals surface area (Å²) in [6.45, 7) is 6.96. The maximum absolute atomic E-state index is 13.0. The lowest BCUT2D eigenvalue weighted by Gasteiger charge is -2.44. The third-order valence-electron chi connectivity index (χ3n) is 6.68. The maximum Gasteiger partial charge on any atom is 0.410 e. The van der Waals surface area contributed by atoms with Gasteiger partial charge in [-0.3, -0.25) is 4.79 Å². The molecule has 2 aromatic rings. The van der Waals surface area contributed by atoms with Crippen LogP contribution in [0.4, 0.5) is 4.79 Å². The molecule has 0 bridgehead atoms. The minimum atomic E-state index is -0.560. The summed E-state index contributed by atoms with van der Waals surface area (Å²) in [5.41, 5.74) is 6.77. The summed E-state index contributed by atoms with van der Waals surface area (Å²) in [6, 6.07) is 17.6. The Hall–Kier alpha value is -3.06. The van der Waals surface area contributed by atoms with Crippen LogP contribution < -0.4 is 15.8 Å². The van der Waals surface area contributed by atoms with E-state index in [2.05, 4.69) is 17.4 Å². The summed E-state index contributed by atoms with van der Waals surface area (Å²) in [5.74, 6) is 0.399. The number of nitrogens with zero attached hydrogens (tertiary/aromatic N) is 1. The van der Waals surface area contributed by atoms with Crippen LogP contribution >= 0.6 is 0 Å². The highest BCUT2D eigenvalue weighted by molar-refractivity contribution is 5.97. The van der Waals surface area contributed by atoms with Crippen LogP contribution in [0.1, 0.15) is 62.4 Å². The molecule has 0 spiro atoms. The minimum absolute atomic E-state index is 0.0511. The van der Waals surface area contributed by atoms with Crippen LogP contribution in [0.5, 0.6) is 5.75 Å². The third kappa shape index (κ3) is 6.75. The molecule has 0 unspecified atom stereocenters. The van der Waals surface area contributed by atoms with E-state index in [9.17, 15) is 9.59 Å². The number of carbonyl (C=O) groups excluding carboxylic acids is 2. The molecular formula is C28H39N3O4. The van der Waals surface area contributed by atoms with E-state index in [0.29, 0.717) is 30.9 Å². The average molecular weight is 482 g/mol. The second-order valence-corrected chi connectivity index (χ2v) is 10.2. The van der Waals surface area contributed by atoms with Crippen LogP contribution in [0, 0.1) is 0 Å². The molecular weight excluding hydrogens is 442 g/mol. The second-order valence-electron chi connectivity index (χ2n) is 10.2. The van der Waals surface area contributed by atoms with Gasteiger partial charge in [0.1, 0.15) is 11.4 Å². The van der Waals surface area contributed by atoms with Crippen molar-refractivity contribution in [3.63, 3.8) is 0 Å². The van der Waals surface area contributed by atoms with Gasteiger partial charge in [0.2, 0.25) is 0 Å². The van der Waals surface area contributed by atoms with Gasteiger partial charge < -0.3 is 25.4 Å². The van der Waals surface area contributed by atoms with E-state index < -0.39 is 5.60 Å². The summed E-state index contributed by atoms with van der Waals surface area (Å²) in [6.07, 6.45) is 2.96. The lowest BCUT2D eigenvalue weighted by Crippen LogP contribution is -2.51. The fraction of sp³-hybridized carbons (Fsp3) is 0.500. The maximum atomic E-state index is 13.0. The quantitative estimate of drug-likeness (QED) is 0.579. The van der Waals surface area contributed by atoms with Crippen LogP contribution in [-0.4, -0.2) is 55.3 Å². The number of hydrogen-bond acceptors (Lipinski definition) is 5. The zero-order chi connectivity index (χ0) is 25.5. The Labute approximate surface area is 209 Å². The fourth-order valence-corrected chi connectivity index (χ4v) is 4.89. The Morgan fingerprint density at radius 1 is 1.06 bits per heavy atom. The molecule has 3 rings (SSSR count). The van der Waals surface area contributed by atoms with Gasteiger partial charge >= 0.3 is 6.09 Å². The van der Waals surface area contributed by atoms with Crippen LogP contribution in [0.3, 0.4) is 0 Å². The molecule has 7 nitrogen and oxygen atoms in total. The van der Waals surface area contributed by atoms with Crippen molar-refractivity contribution >= 4 is 12.0 Å². The Morgan fingerprint density at radius 2 is 1.69 bits per heavy atom. The molecule has 190 valence electrons. The molecule has 1 aliphatic carbocycles. The topological polar surface area (TPSA) is 93.9 Å². The SMILES string of the molecule is COc1ccccc1C(=O)NCC1(c2ccccc2)CCC(N(CCN)C(=O)OC(C)(C)C)CC1. The van der Waals surface area contributed by atoms with Gasteiger partial charge in [-0.15, -0.1) is 0 Å². The number of carbonyl (C=O) groups is 2. The largest absolute Gasteiger partial charge is 0.496 e. The van der Waals surface area contributed by atoms with Crippen LogP contribution in [0.25, 0.3) is 0 Å². The summed E-state index contributed by atoms with van der Waals surface area (Å²) in [5, 5.41) is 3.16. The number of ether oxygens (including phenoxy) is 2. The van der Waals surface area contributed by atoms with Crippen molar-refractivity contribution < 1.29 is 19.1 Å². The number of rotatable bonds is 8. The highest BCUT2D eigenvalue weighted by Gasteiger charge is 2.40. The van der Waals surface area contributed by atoms with Crippen molar-refractivity contribution in [1.82, 2.24) is 10.2 Å². The molecule has 1 saturated carbocycles. The summed E-state index contributed by atoms with van der Waals surface area (Å²) in [7, 11) is 1.57. The van der Waals surface area contributed by atoms with Crippen LogP contribution in [0.15, 0.2) is 54.6 Å². The number of nitrogens with one attached hydrogen (secondary N) is 1. The highest BCUT2D eigenvalue weighted by atomic mass is 16.6. The van der Waals surface area contributed by atoms with E-state index in [1.807, 2.05) is 51.1 Å². The number of amides is 2. The van der Waals surface area contributed by atoms with Crippen molar-refractivity contribution in [1.29, 1.82) is 0 Å². The van der Waals surface area contributed by atoms with E-state index in [4.69, 9.17) is 15.2 Å². The summed E-state index contributed by atoms with van der Waals surface area (Å²) >= 11 is 0. The van der Waals surface area contributed by atoms with E-state index in [0.717, 1.165) is 25.7 Å². The summed E-state index contributed by atoms with van der Waals surface area (Å²) < 4.78 is 11.0. The van der Waals surface area contributed by atoms with Gasteiger partial charge in [0.15, 0.2) is 0 Å².